The van der Waals surface area contributed by atoms with Crippen molar-refractivity contribution in [3.8, 4) is 0 Å². The van der Waals surface area contributed by atoms with E-state index in [0.29, 0.717) is 19.1 Å². The van der Waals surface area contributed by atoms with Crippen molar-refractivity contribution in [1.29, 1.82) is 0 Å². The van der Waals surface area contributed by atoms with Gasteiger partial charge >= 0.3 is 0 Å². The first-order valence-electron chi connectivity index (χ1n) is 10.0. The summed E-state index contributed by atoms with van der Waals surface area (Å²) < 4.78 is 34.0. The summed E-state index contributed by atoms with van der Waals surface area (Å²) in [7, 11) is -3.62. The molecule has 156 valence electrons. The average molecular weight is 410 g/mol. The maximum Gasteiger partial charge on any atom is 0.240 e. The number of hydrogen-bond donors (Lipinski definition) is 1. The van der Waals surface area contributed by atoms with Crippen LogP contribution in [-0.4, -0.2) is 64.7 Å². The second kappa shape index (κ2) is 8.90. The summed E-state index contributed by atoms with van der Waals surface area (Å²) in [5.41, 5.74) is 1.72. The number of anilines is 1. The zero-order valence-corrected chi connectivity index (χ0v) is 17.8. The van der Waals surface area contributed by atoms with Crippen LogP contribution < -0.4 is 9.62 Å². The van der Waals surface area contributed by atoms with Gasteiger partial charge < -0.3 is 9.64 Å². The highest BCUT2D eigenvalue weighted by molar-refractivity contribution is 7.89. The Bertz CT molecular complexity index is 810. The molecule has 2 aliphatic heterocycles. The van der Waals surface area contributed by atoms with Crippen molar-refractivity contribution >= 4 is 21.6 Å². The minimum Gasteiger partial charge on any atom is -0.374 e. The van der Waals surface area contributed by atoms with E-state index in [0.717, 1.165) is 43.7 Å². The molecule has 8 heteroatoms. The quantitative estimate of drug-likeness (QED) is 0.772. The molecule has 0 aromatic heterocycles. The van der Waals surface area contributed by atoms with E-state index >= 15 is 0 Å². The number of sulfonamides is 1. The standard InChI is InChI=1S/C20H31N3O4S/c1-15(2)13-22-9-10-27-18(14-22)12-21-28(25,26)19-6-7-20-17(11-19)5-4-8-23(20)16(3)24/h6-7,11,15,18,21H,4-5,8-10,12-14H2,1-3H3. The van der Waals surface area contributed by atoms with Crippen molar-refractivity contribution < 1.29 is 17.9 Å². The third kappa shape index (κ3) is 5.11. The van der Waals surface area contributed by atoms with Crippen molar-refractivity contribution in [2.75, 3.05) is 44.2 Å². The minimum atomic E-state index is -3.62. The lowest BCUT2D eigenvalue weighted by Crippen LogP contribution is -2.48. The topological polar surface area (TPSA) is 79.0 Å². The molecule has 1 amide bonds. The van der Waals surface area contributed by atoms with Crippen molar-refractivity contribution in [2.45, 2.75) is 44.6 Å². The van der Waals surface area contributed by atoms with Gasteiger partial charge in [0.15, 0.2) is 0 Å². The lowest BCUT2D eigenvalue weighted by atomic mass is 10.0. The first kappa shape index (κ1) is 21.2. The Balaban J connectivity index is 1.66. The number of rotatable bonds is 6. The normalized spacial score (nSPS) is 21.0. The van der Waals surface area contributed by atoms with Crippen molar-refractivity contribution in [3.05, 3.63) is 23.8 Å². The number of morpholine rings is 1. The molecular formula is C20H31N3O4S. The number of carbonyl (C=O) groups is 1. The highest BCUT2D eigenvalue weighted by Crippen LogP contribution is 2.29. The van der Waals surface area contributed by atoms with Gasteiger partial charge in [0.25, 0.3) is 0 Å². The van der Waals surface area contributed by atoms with E-state index in [1.54, 1.807) is 23.1 Å². The Morgan fingerprint density at radius 2 is 2.11 bits per heavy atom. The molecule has 1 aromatic carbocycles. The van der Waals surface area contributed by atoms with E-state index in [2.05, 4.69) is 23.5 Å². The minimum absolute atomic E-state index is 0.0184. The van der Waals surface area contributed by atoms with Crippen LogP contribution in [0.15, 0.2) is 23.1 Å². The van der Waals surface area contributed by atoms with Gasteiger partial charge in [-0.25, -0.2) is 13.1 Å². The van der Waals surface area contributed by atoms with E-state index in [4.69, 9.17) is 4.74 Å². The molecule has 1 saturated heterocycles. The van der Waals surface area contributed by atoms with Crippen LogP contribution in [0.5, 0.6) is 0 Å². The molecule has 0 radical (unpaired) electrons. The monoisotopic (exact) mass is 409 g/mol. The number of benzene rings is 1. The lowest BCUT2D eigenvalue weighted by molar-refractivity contribution is -0.116. The molecule has 1 unspecified atom stereocenters. The number of hydrogen-bond acceptors (Lipinski definition) is 5. The molecule has 7 nitrogen and oxygen atoms in total. The zero-order valence-electron chi connectivity index (χ0n) is 17.0. The van der Waals surface area contributed by atoms with E-state index in [-0.39, 0.29) is 23.5 Å². The van der Waals surface area contributed by atoms with Gasteiger partial charge in [0, 0.05) is 45.3 Å². The van der Waals surface area contributed by atoms with Crippen LogP contribution in [0.4, 0.5) is 5.69 Å². The fourth-order valence-corrected chi connectivity index (χ4v) is 5.06. The Hall–Kier alpha value is -1.48. The smallest absolute Gasteiger partial charge is 0.240 e. The van der Waals surface area contributed by atoms with Crippen LogP contribution in [0.1, 0.15) is 32.8 Å². The van der Waals surface area contributed by atoms with Gasteiger partial charge in [-0.05, 0) is 42.5 Å². The third-order valence-electron chi connectivity index (χ3n) is 5.21. The molecule has 0 spiro atoms. The summed E-state index contributed by atoms with van der Waals surface area (Å²) in [6.45, 7) is 10.1. The Morgan fingerprint density at radius 1 is 1.32 bits per heavy atom. The summed E-state index contributed by atoms with van der Waals surface area (Å²) >= 11 is 0. The largest absolute Gasteiger partial charge is 0.374 e. The number of fused-ring (bicyclic) bond motifs is 1. The molecule has 2 aliphatic rings. The van der Waals surface area contributed by atoms with Crippen LogP contribution in [0.3, 0.4) is 0 Å². The molecule has 0 aliphatic carbocycles. The predicted octanol–water partition coefficient (Wildman–Crippen LogP) is 1.62. The SMILES string of the molecule is CC(=O)N1CCCc2cc(S(=O)(=O)NCC3CN(CC(C)C)CCO3)ccc21. The molecule has 3 rings (SSSR count). The molecule has 1 aromatic rings. The highest BCUT2D eigenvalue weighted by Gasteiger charge is 2.25. The summed E-state index contributed by atoms with van der Waals surface area (Å²) in [6, 6.07) is 5.01. The summed E-state index contributed by atoms with van der Waals surface area (Å²) in [6.07, 6.45) is 1.47. The molecule has 0 bridgehead atoms. The molecular weight excluding hydrogens is 378 g/mol. The molecule has 1 fully saturated rings. The Morgan fingerprint density at radius 3 is 2.82 bits per heavy atom. The van der Waals surface area contributed by atoms with Crippen LogP contribution in [0, 0.1) is 5.92 Å². The van der Waals surface area contributed by atoms with Gasteiger partial charge in [0.05, 0.1) is 17.6 Å². The van der Waals surface area contributed by atoms with Gasteiger partial charge in [-0.15, -0.1) is 0 Å². The Labute approximate surface area is 168 Å². The number of carbonyl (C=O) groups excluding carboxylic acids is 1. The lowest BCUT2D eigenvalue weighted by Gasteiger charge is -2.34. The van der Waals surface area contributed by atoms with Crippen molar-refractivity contribution in [3.63, 3.8) is 0 Å². The number of ether oxygens (including phenoxy) is 1. The van der Waals surface area contributed by atoms with E-state index in [9.17, 15) is 13.2 Å². The van der Waals surface area contributed by atoms with Crippen molar-refractivity contribution in [1.82, 2.24) is 9.62 Å². The van der Waals surface area contributed by atoms with Crippen LogP contribution in [-0.2, 0) is 26.0 Å². The maximum atomic E-state index is 12.8. The highest BCUT2D eigenvalue weighted by atomic mass is 32.2. The van der Waals surface area contributed by atoms with E-state index < -0.39 is 10.0 Å². The van der Waals surface area contributed by atoms with Crippen LogP contribution >= 0.6 is 0 Å². The molecule has 28 heavy (non-hydrogen) atoms. The van der Waals surface area contributed by atoms with Crippen LogP contribution in [0.2, 0.25) is 0 Å². The fourth-order valence-electron chi connectivity index (χ4n) is 3.94. The second-order valence-corrected chi connectivity index (χ2v) is 9.83. The number of nitrogens with one attached hydrogen (secondary N) is 1. The maximum absolute atomic E-state index is 12.8. The van der Waals surface area contributed by atoms with Gasteiger partial charge in [-0.3, -0.25) is 9.69 Å². The zero-order chi connectivity index (χ0) is 20.3. The second-order valence-electron chi connectivity index (χ2n) is 8.06. The van der Waals surface area contributed by atoms with Crippen LogP contribution in [0.25, 0.3) is 0 Å². The van der Waals surface area contributed by atoms with Crippen molar-refractivity contribution in [2.24, 2.45) is 5.92 Å². The first-order valence-corrected chi connectivity index (χ1v) is 11.5. The molecule has 1 atom stereocenters. The molecule has 1 N–H and O–H groups in total. The van der Waals surface area contributed by atoms with Gasteiger partial charge in [-0.1, -0.05) is 13.8 Å². The van der Waals surface area contributed by atoms with E-state index in [1.807, 2.05) is 0 Å². The first-order chi connectivity index (χ1) is 13.3. The molecule has 2 heterocycles. The molecule has 0 saturated carbocycles. The number of nitrogens with zero attached hydrogens (tertiary/aromatic N) is 2. The Kier molecular flexibility index (Phi) is 6.75. The summed E-state index contributed by atoms with van der Waals surface area (Å²) in [4.78, 5) is 16.1. The summed E-state index contributed by atoms with van der Waals surface area (Å²) in [5.74, 6) is 0.551. The third-order valence-corrected chi connectivity index (χ3v) is 6.63. The average Bonchev–Trinajstić information content (AvgIpc) is 2.65. The van der Waals surface area contributed by atoms with E-state index in [1.165, 1.54) is 6.92 Å². The van der Waals surface area contributed by atoms with Gasteiger partial charge in [-0.2, -0.15) is 0 Å². The number of amides is 1. The number of aryl methyl sites for hydroxylation is 1. The summed E-state index contributed by atoms with van der Waals surface area (Å²) in [5, 5.41) is 0. The predicted molar refractivity (Wildman–Crippen MR) is 109 cm³/mol. The van der Waals surface area contributed by atoms with Gasteiger partial charge in [0.2, 0.25) is 15.9 Å². The fraction of sp³-hybridized carbons (Fsp3) is 0.650. The van der Waals surface area contributed by atoms with Gasteiger partial charge in [0.1, 0.15) is 0 Å².